The SMILES string of the molecule is CSCC[C@H](N)C(=O)Oc1ccccc1C(=O)OC1CC[C@@]2(C)C(=CC[C@H]3[C@@H]4CC[C@H]([C@H](C)CCCC(C)C)[C@@]4(C)CC[C@@H]32)C1. The van der Waals surface area contributed by atoms with E-state index >= 15 is 0 Å². The first-order chi connectivity index (χ1) is 21.5. The summed E-state index contributed by atoms with van der Waals surface area (Å²) in [6, 6.07) is 6.14. The van der Waals surface area contributed by atoms with E-state index in [9.17, 15) is 9.59 Å². The third-order valence-electron chi connectivity index (χ3n) is 12.8. The summed E-state index contributed by atoms with van der Waals surface area (Å²) in [6.07, 6.45) is 18.5. The highest BCUT2D eigenvalue weighted by atomic mass is 32.2. The molecule has 6 heteroatoms. The molecule has 3 saturated carbocycles. The molecule has 0 aromatic heterocycles. The Morgan fingerprint density at radius 3 is 2.53 bits per heavy atom. The van der Waals surface area contributed by atoms with E-state index in [4.69, 9.17) is 15.2 Å². The minimum atomic E-state index is -0.717. The highest BCUT2D eigenvalue weighted by Crippen LogP contribution is 2.67. The molecular formula is C39H59NO4S. The number of rotatable bonds is 12. The minimum absolute atomic E-state index is 0.155. The van der Waals surface area contributed by atoms with Gasteiger partial charge in [0, 0.05) is 6.42 Å². The zero-order valence-electron chi connectivity index (χ0n) is 28.8. The number of fused-ring (bicyclic) bond motifs is 5. The molecule has 3 fully saturated rings. The Kier molecular flexibility index (Phi) is 11.2. The van der Waals surface area contributed by atoms with Crippen molar-refractivity contribution in [3.8, 4) is 5.75 Å². The van der Waals surface area contributed by atoms with Gasteiger partial charge in [-0.05, 0) is 122 Å². The average molecular weight is 638 g/mol. The van der Waals surface area contributed by atoms with Gasteiger partial charge < -0.3 is 15.2 Å². The second kappa shape index (κ2) is 14.5. The second-order valence-corrected chi connectivity index (χ2v) is 16.9. The first kappa shape index (κ1) is 34.5. The van der Waals surface area contributed by atoms with Gasteiger partial charge in [-0.1, -0.05) is 77.7 Å². The normalized spacial score (nSPS) is 33.8. The quantitative estimate of drug-likeness (QED) is 0.140. The van der Waals surface area contributed by atoms with Gasteiger partial charge in [-0.3, -0.25) is 0 Å². The van der Waals surface area contributed by atoms with E-state index in [0.717, 1.165) is 60.5 Å². The first-order valence-corrected chi connectivity index (χ1v) is 19.3. The van der Waals surface area contributed by atoms with E-state index in [1.807, 2.05) is 6.26 Å². The number of para-hydroxylation sites is 1. The summed E-state index contributed by atoms with van der Waals surface area (Å²) in [7, 11) is 0. The van der Waals surface area contributed by atoms with Crippen molar-refractivity contribution >= 4 is 23.7 Å². The Morgan fingerprint density at radius 1 is 1.00 bits per heavy atom. The van der Waals surface area contributed by atoms with Crippen LogP contribution in [0.1, 0.15) is 122 Å². The largest absolute Gasteiger partial charge is 0.458 e. The lowest BCUT2D eigenvalue weighted by Crippen LogP contribution is -2.51. The van der Waals surface area contributed by atoms with Crippen molar-refractivity contribution in [3.63, 3.8) is 0 Å². The van der Waals surface area contributed by atoms with Gasteiger partial charge in [0.1, 0.15) is 23.5 Å². The molecule has 5 rings (SSSR count). The van der Waals surface area contributed by atoms with Crippen LogP contribution in [0.15, 0.2) is 35.9 Å². The summed E-state index contributed by atoms with van der Waals surface area (Å²) in [6.45, 7) is 12.4. The maximum absolute atomic E-state index is 13.4. The summed E-state index contributed by atoms with van der Waals surface area (Å²) < 4.78 is 11.7. The average Bonchev–Trinajstić information content (AvgIpc) is 3.37. The maximum Gasteiger partial charge on any atom is 0.342 e. The molecule has 4 aliphatic rings. The molecule has 0 spiro atoms. The van der Waals surface area contributed by atoms with Gasteiger partial charge in [0.05, 0.1) is 0 Å². The van der Waals surface area contributed by atoms with E-state index in [1.165, 1.54) is 56.9 Å². The van der Waals surface area contributed by atoms with Crippen LogP contribution in [0, 0.1) is 46.3 Å². The number of nitrogens with two attached hydrogens (primary N) is 1. The van der Waals surface area contributed by atoms with Gasteiger partial charge in [0.15, 0.2) is 0 Å². The number of thioether (sulfide) groups is 1. The van der Waals surface area contributed by atoms with Crippen molar-refractivity contribution in [2.24, 2.45) is 52.1 Å². The lowest BCUT2D eigenvalue weighted by atomic mass is 9.47. The smallest absolute Gasteiger partial charge is 0.342 e. The molecule has 1 aromatic rings. The molecule has 1 unspecified atom stereocenters. The van der Waals surface area contributed by atoms with Crippen LogP contribution in [0.5, 0.6) is 5.75 Å². The molecule has 4 aliphatic carbocycles. The number of allylic oxidation sites excluding steroid dienone is 1. The topological polar surface area (TPSA) is 78.6 Å². The van der Waals surface area contributed by atoms with Crippen LogP contribution in [0.3, 0.4) is 0 Å². The van der Waals surface area contributed by atoms with Crippen LogP contribution in [0.4, 0.5) is 0 Å². The van der Waals surface area contributed by atoms with Crippen molar-refractivity contribution in [1.29, 1.82) is 0 Å². The summed E-state index contributed by atoms with van der Waals surface area (Å²) in [5, 5.41) is 0. The number of hydrogen-bond acceptors (Lipinski definition) is 6. The van der Waals surface area contributed by atoms with Gasteiger partial charge >= 0.3 is 11.9 Å². The Hall–Kier alpha value is -1.79. The monoisotopic (exact) mass is 637 g/mol. The van der Waals surface area contributed by atoms with Crippen LogP contribution in [0.2, 0.25) is 0 Å². The van der Waals surface area contributed by atoms with Crippen LogP contribution in [-0.4, -0.2) is 36.1 Å². The Balaban J connectivity index is 1.22. The molecule has 0 aliphatic heterocycles. The number of ether oxygens (including phenoxy) is 2. The van der Waals surface area contributed by atoms with E-state index in [-0.39, 0.29) is 22.8 Å². The molecule has 5 nitrogen and oxygen atoms in total. The van der Waals surface area contributed by atoms with Gasteiger partial charge in [-0.25, -0.2) is 9.59 Å². The lowest BCUT2D eigenvalue weighted by Gasteiger charge is -2.58. The molecule has 0 bridgehead atoms. The van der Waals surface area contributed by atoms with Gasteiger partial charge in [0.25, 0.3) is 0 Å². The Morgan fingerprint density at radius 2 is 1.78 bits per heavy atom. The summed E-state index contributed by atoms with van der Waals surface area (Å²) in [4.78, 5) is 26.0. The lowest BCUT2D eigenvalue weighted by molar-refractivity contribution is -0.135. The van der Waals surface area contributed by atoms with Crippen molar-refractivity contribution in [2.75, 3.05) is 12.0 Å². The van der Waals surface area contributed by atoms with Crippen molar-refractivity contribution in [3.05, 3.63) is 41.5 Å². The number of carbonyl (C=O) groups excluding carboxylic acids is 2. The fourth-order valence-electron chi connectivity index (χ4n) is 10.2. The van der Waals surface area contributed by atoms with Crippen LogP contribution >= 0.6 is 11.8 Å². The van der Waals surface area contributed by atoms with Gasteiger partial charge in [-0.2, -0.15) is 11.8 Å². The first-order valence-electron chi connectivity index (χ1n) is 17.9. The second-order valence-electron chi connectivity index (χ2n) is 15.9. The Bertz CT molecular complexity index is 1230. The van der Waals surface area contributed by atoms with Crippen LogP contribution in [0.25, 0.3) is 0 Å². The highest BCUT2D eigenvalue weighted by Gasteiger charge is 2.59. The van der Waals surface area contributed by atoms with E-state index in [2.05, 4.69) is 40.7 Å². The highest BCUT2D eigenvalue weighted by molar-refractivity contribution is 7.98. The van der Waals surface area contributed by atoms with Crippen molar-refractivity contribution in [2.45, 2.75) is 124 Å². The molecule has 0 saturated heterocycles. The third-order valence-corrected chi connectivity index (χ3v) is 13.4. The molecular weight excluding hydrogens is 578 g/mol. The van der Waals surface area contributed by atoms with Crippen LogP contribution < -0.4 is 10.5 Å². The number of carbonyl (C=O) groups is 2. The number of hydrogen-bond donors (Lipinski definition) is 1. The standard InChI is InChI=1S/C39H59NO4S/c1-25(2)10-9-11-26(3)31-16-17-32-29-15-14-27-24-28(18-21-38(27,4)33(29)19-22-39(31,32)5)43-36(41)30-12-7-8-13-35(30)44-37(42)34(40)20-23-45-6/h7-8,12-14,25-26,28-29,31-34H,9-11,15-24,40H2,1-6H3/t26-,28?,29+,31-,32+,33+,34+,38+,39-/m1/s1. The zero-order valence-corrected chi connectivity index (χ0v) is 29.6. The van der Waals surface area contributed by atoms with E-state index in [1.54, 1.807) is 36.0 Å². The zero-order chi connectivity index (χ0) is 32.4. The van der Waals surface area contributed by atoms with Gasteiger partial charge in [0.2, 0.25) is 0 Å². The fraction of sp³-hybridized carbons (Fsp3) is 0.744. The van der Waals surface area contributed by atoms with Crippen molar-refractivity contribution < 1.29 is 19.1 Å². The third kappa shape index (κ3) is 7.22. The molecule has 9 atom stereocenters. The molecule has 2 N–H and O–H groups in total. The molecule has 0 heterocycles. The summed E-state index contributed by atoms with van der Waals surface area (Å²) >= 11 is 1.64. The minimum Gasteiger partial charge on any atom is -0.458 e. The summed E-state index contributed by atoms with van der Waals surface area (Å²) in [5.41, 5.74) is 8.50. The molecule has 45 heavy (non-hydrogen) atoms. The Labute approximate surface area is 277 Å². The molecule has 250 valence electrons. The molecule has 0 radical (unpaired) electrons. The predicted octanol–water partition coefficient (Wildman–Crippen LogP) is 9.24. The van der Waals surface area contributed by atoms with Crippen molar-refractivity contribution in [1.82, 2.24) is 0 Å². The maximum atomic E-state index is 13.4. The number of benzene rings is 1. The predicted molar refractivity (Wildman–Crippen MR) is 185 cm³/mol. The van der Waals surface area contributed by atoms with Crippen LogP contribution in [-0.2, 0) is 9.53 Å². The summed E-state index contributed by atoms with van der Waals surface area (Å²) in [5.74, 6) is 4.93. The van der Waals surface area contributed by atoms with E-state index < -0.39 is 18.0 Å². The molecule has 0 amide bonds. The number of esters is 2. The van der Waals surface area contributed by atoms with Gasteiger partial charge in [-0.15, -0.1) is 0 Å². The fourth-order valence-corrected chi connectivity index (χ4v) is 10.7. The molecule has 1 aromatic carbocycles. The van der Waals surface area contributed by atoms with E-state index in [0.29, 0.717) is 11.8 Å².